The van der Waals surface area contributed by atoms with E-state index in [9.17, 15) is 30.0 Å². The zero-order valence-corrected chi connectivity index (χ0v) is 41.8. The molecular formula is C49H84N2O14. The zero-order valence-electron chi connectivity index (χ0n) is 41.8. The first-order valence-corrected chi connectivity index (χ1v) is 23.6. The number of nitrogens with one attached hydrogen (secondary N) is 1. The Morgan fingerprint density at radius 3 is 2.08 bits per heavy atom. The molecule has 1 aromatic rings. The molecule has 19 atom stereocenters. The molecule has 3 aliphatic heterocycles. The highest BCUT2D eigenvalue weighted by atomic mass is 16.7. The number of likely N-dealkylation sites (N-methyl/N-ethyl adjacent to an activating group) is 1. The summed E-state index contributed by atoms with van der Waals surface area (Å²) in [6, 6.07) is 9.54. The number of carbonyl (C=O) groups is 2. The number of nitrogens with zero attached hydrogens (tertiary/aromatic N) is 1. The standard InChI is InChI=1S/C49H84N2O14/c1-16-37-48(10,56)36(22-23-50-27-34-20-18-17-19-21-34)49(11,57)41(54)28(2)25-46(8,58-14)42(65-45-39(53)35(51(12)13)24-29(3)60-45)30(4)40(31(5)44(55)63-37)64-38-26-47(9,59-15)43(32(6)61-38)62-33(7)52/h17-21,28-32,35-43,45,50,53-54,56-57H,16,22-27H2,1-15H3/t28-,29-,30+,31-,32+,35+,36+,37-,38?,39-,40+,41?,42-,43+,45+,46-,47-,48+,49?/m1/s1. The van der Waals surface area contributed by atoms with Crippen LogP contribution >= 0.6 is 0 Å². The molecule has 3 heterocycles. The van der Waals surface area contributed by atoms with Crippen LogP contribution in [0.1, 0.15) is 114 Å². The number of aliphatic hydroxyl groups excluding tert-OH is 2. The number of rotatable bonds is 14. The largest absolute Gasteiger partial charge is 0.459 e. The van der Waals surface area contributed by atoms with E-state index < -0.39 is 113 Å². The minimum atomic E-state index is -1.92. The first-order valence-electron chi connectivity index (χ1n) is 23.6. The van der Waals surface area contributed by atoms with E-state index in [1.54, 1.807) is 27.7 Å². The molecule has 374 valence electrons. The smallest absolute Gasteiger partial charge is 0.311 e. The number of esters is 2. The van der Waals surface area contributed by atoms with Crippen LogP contribution in [0.4, 0.5) is 0 Å². The van der Waals surface area contributed by atoms with Crippen LogP contribution in [0.25, 0.3) is 0 Å². The normalized spacial score (nSPS) is 43.7. The minimum Gasteiger partial charge on any atom is -0.459 e. The van der Waals surface area contributed by atoms with Crippen molar-refractivity contribution in [2.45, 2.75) is 205 Å². The lowest BCUT2D eigenvalue weighted by Crippen LogP contribution is -2.64. The van der Waals surface area contributed by atoms with E-state index in [0.29, 0.717) is 19.5 Å². The molecule has 3 fully saturated rings. The topological polar surface area (TPSA) is 204 Å². The molecule has 4 rings (SSSR count). The molecule has 3 aliphatic rings. The number of cyclic esters (lactones) is 1. The highest BCUT2D eigenvalue weighted by Gasteiger charge is 2.57. The summed E-state index contributed by atoms with van der Waals surface area (Å²) in [6.45, 7) is 19.8. The van der Waals surface area contributed by atoms with Crippen molar-refractivity contribution in [2.75, 3.05) is 34.9 Å². The van der Waals surface area contributed by atoms with E-state index in [2.05, 4.69) is 5.32 Å². The van der Waals surface area contributed by atoms with Gasteiger partial charge in [-0.05, 0) is 106 Å². The molecule has 0 radical (unpaired) electrons. The van der Waals surface area contributed by atoms with Gasteiger partial charge in [0.05, 0.1) is 47.6 Å². The predicted molar refractivity (Wildman–Crippen MR) is 243 cm³/mol. The number of ether oxygens (including phenoxy) is 8. The maximum absolute atomic E-state index is 14.8. The fourth-order valence-corrected chi connectivity index (χ4v) is 11.0. The van der Waals surface area contributed by atoms with Crippen molar-refractivity contribution < 1.29 is 67.9 Å². The molecular weight excluding hydrogens is 841 g/mol. The van der Waals surface area contributed by atoms with E-state index in [1.807, 2.05) is 83.9 Å². The first kappa shape index (κ1) is 55.3. The fourth-order valence-electron chi connectivity index (χ4n) is 11.0. The summed E-state index contributed by atoms with van der Waals surface area (Å²) in [6.07, 6.45) is -8.37. The Labute approximate surface area is 388 Å². The van der Waals surface area contributed by atoms with Crippen molar-refractivity contribution in [3.05, 3.63) is 35.9 Å². The molecule has 0 aromatic heterocycles. The molecule has 16 heteroatoms. The predicted octanol–water partition coefficient (Wildman–Crippen LogP) is 4.35. The van der Waals surface area contributed by atoms with Gasteiger partial charge in [0.1, 0.15) is 23.4 Å². The highest BCUT2D eigenvalue weighted by Crippen LogP contribution is 2.45. The molecule has 3 saturated heterocycles. The second-order valence-corrected chi connectivity index (χ2v) is 20.3. The Hall–Kier alpha value is -2.32. The van der Waals surface area contributed by atoms with Crippen molar-refractivity contribution in [2.24, 2.45) is 23.7 Å². The summed E-state index contributed by atoms with van der Waals surface area (Å²) in [5, 5.41) is 52.9. The molecule has 16 nitrogen and oxygen atoms in total. The number of carbonyl (C=O) groups excluding carboxylic acids is 2. The van der Waals surface area contributed by atoms with Crippen LogP contribution < -0.4 is 5.32 Å². The molecule has 0 saturated carbocycles. The van der Waals surface area contributed by atoms with Gasteiger partial charge in [0, 0.05) is 52.0 Å². The zero-order chi connectivity index (χ0) is 48.8. The van der Waals surface area contributed by atoms with Crippen molar-refractivity contribution in [1.29, 1.82) is 0 Å². The SMILES string of the molecule is CC[C@H]1OC(=O)[C@H](C)[C@@H](OC2C[C@@](C)(OC)[C@@H](OC(C)=O)[C@H](C)O2)[C@H](C)[C@@H](O[C@@H]2O[C@H](C)C[C@H](N(C)C)[C@H]2O)[C@](C)(OC)C[C@@H](C)C(O)C(C)(O)[C@@H](CCNCc2ccccc2)[C@]1(C)O. The van der Waals surface area contributed by atoms with Crippen molar-refractivity contribution in [3.63, 3.8) is 0 Å². The van der Waals surface area contributed by atoms with E-state index >= 15 is 0 Å². The van der Waals surface area contributed by atoms with Gasteiger partial charge in [-0.25, -0.2) is 0 Å². The average Bonchev–Trinajstić information content (AvgIpc) is 3.24. The highest BCUT2D eigenvalue weighted by molar-refractivity contribution is 5.73. The summed E-state index contributed by atoms with van der Waals surface area (Å²) in [7, 11) is 6.83. The average molecular weight is 925 g/mol. The van der Waals surface area contributed by atoms with Crippen LogP contribution in [-0.2, 0) is 54.0 Å². The van der Waals surface area contributed by atoms with Gasteiger partial charge in [0.15, 0.2) is 18.7 Å². The van der Waals surface area contributed by atoms with Crippen molar-refractivity contribution in [1.82, 2.24) is 10.2 Å². The summed E-state index contributed by atoms with van der Waals surface area (Å²) >= 11 is 0. The van der Waals surface area contributed by atoms with Crippen LogP contribution in [-0.4, -0.2) is 162 Å². The van der Waals surface area contributed by atoms with E-state index in [1.165, 1.54) is 28.1 Å². The summed E-state index contributed by atoms with van der Waals surface area (Å²) in [4.78, 5) is 28.9. The lowest BCUT2D eigenvalue weighted by Gasteiger charge is -2.52. The lowest BCUT2D eigenvalue weighted by molar-refractivity contribution is -0.321. The maximum Gasteiger partial charge on any atom is 0.311 e. The van der Waals surface area contributed by atoms with Crippen LogP contribution in [0.2, 0.25) is 0 Å². The third-order valence-corrected chi connectivity index (χ3v) is 14.9. The molecule has 1 aromatic carbocycles. The molecule has 0 amide bonds. The van der Waals surface area contributed by atoms with Gasteiger partial charge in [-0.1, -0.05) is 51.1 Å². The van der Waals surface area contributed by atoms with Crippen LogP contribution in [0.3, 0.4) is 0 Å². The Balaban J connectivity index is 1.86. The van der Waals surface area contributed by atoms with Gasteiger partial charge in [0.2, 0.25) is 0 Å². The summed E-state index contributed by atoms with van der Waals surface area (Å²) < 4.78 is 51.1. The number of hydrogen-bond acceptors (Lipinski definition) is 16. The molecule has 0 aliphatic carbocycles. The first-order chi connectivity index (χ1) is 30.3. The number of benzene rings is 1. The molecule has 0 bridgehead atoms. The van der Waals surface area contributed by atoms with Crippen LogP contribution in [0.15, 0.2) is 30.3 Å². The van der Waals surface area contributed by atoms with Gasteiger partial charge >= 0.3 is 11.9 Å². The second kappa shape index (κ2) is 22.9. The molecule has 0 spiro atoms. The Morgan fingerprint density at radius 2 is 1.51 bits per heavy atom. The van der Waals surface area contributed by atoms with Gasteiger partial charge in [0.25, 0.3) is 0 Å². The third-order valence-electron chi connectivity index (χ3n) is 14.9. The van der Waals surface area contributed by atoms with Gasteiger partial charge < -0.3 is 68.5 Å². The van der Waals surface area contributed by atoms with E-state index in [0.717, 1.165) is 5.56 Å². The third kappa shape index (κ3) is 12.9. The van der Waals surface area contributed by atoms with Crippen LogP contribution in [0.5, 0.6) is 0 Å². The minimum absolute atomic E-state index is 0.109. The number of aliphatic hydroxyl groups is 4. The quantitative estimate of drug-likeness (QED) is 0.130. The van der Waals surface area contributed by atoms with Gasteiger partial charge in [-0.15, -0.1) is 0 Å². The lowest BCUT2D eigenvalue weighted by atomic mass is 9.66. The maximum atomic E-state index is 14.8. The van der Waals surface area contributed by atoms with Gasteiger partial charge in [-0.2, -0.15) is 0 Å². The fraction of sp³-hybridized carbons (Fsp3) is 0.837. The summed E-state index contributed by atoms with van der Waals surface area (Å²) in [5.41, 5.74) is -5.04. The van der Waals surface area contributed by atoms with Crippen molar-refractivity contribution in [3.8, 4) is 0 Å². The number of methoxy groups -OCH3 is 2. The van der Waals surface area contributed by atoms with Crippen molar-refractivity contribution >= 4 is 11.9 Å². The summed E-state index contributed by atoms with van der Waals surface area (Å²) in [5.74, 6) is -4.67. The van der Waals surface area contributed by atoms with Gasteiger partial charge in [-0.3, -0.25) is 9.59 Å². The Bertz CT molecular complexity index is 1650. The van der Waals surface area contributed by atoms with E-state index in [-0.39, 0.29) is 37.8 Å². The molecule has 5 N–H and O–H groups in total. The Kier molecular flexibility index (Phi) is 19.4. The van der Waals surface area contributed by atoms with E-state index in [4.69, 9.17) is 37.9 Å². The second-order valence-electron chi connectivity index (χ2n) is 20.3. The Morgan fingerprint density at radius 1 is 0.892 bits per heavy atom. The molecule has 3 unspecified atom stereocenters. The van der Waals surface area contributed by atoms with Crippen LogP contribution in [0, 0.1) is 23.7 Å². The monoisotopic (exact) mass is 925 g/mol. The molecule has 65 heavy (non-hydrogen) atoms. The number of hydrogen-bond donors (Lipinski definition) is 5.